The maximum Gasteiger partial charge on any atom is 0.0747 e. The summed E-state index contributed by atoms with van der Waals surface area (Å²) in [6.07, 6.45) is 2.08. The Morgan fingerprint density at radius 1 is 1.38 bits per heavy atom. The molecule has 1 N–H and O–H groups in total. The molecule has 2 nitrogen and oxygen atoms in total. The molecule has 84 valence electrons. The summed E-state index contributed by atoms with van der Waals surface area (Å²) in [5.41, 5.74) is 1.04. The number of anilines is 1. The second-order valence-electron chi connectivity index (χ2n) is 4.20. The van der Waals surface area contributed by atoms with Crippen molar-refractivity contribution < 1.29 is 0 Å². The summed E-state index contributed by atoms with van der Waals surface area (Å²) in [5.74, 6) is 1.10. The molecule has 0 aliphatic heterocycles. The van der Waals surface area contributed by atoms with Gasteiger partial charge in [0.05, 0.1) is 11.5 Å². The molecule has 0 unspecified atom stereocenters. The van der Waals surface area contributed by atoms with Gasteiger partial charge in [0.15, 0.2) is 0 Å². The van der Waals surface area contributed by atoms with Crippen LogP contribution in [0.2, 0.25) is 0 Å². The zero-order valence-corrected chi connectivity index (χ0v) is 10.3. The summed E-state index contributed by atoms with van der Waals surface area (Å²) >= 11 is 1.84. The topological polar surface area (TPSA) is 35.8 Å². The van der Waals surface area contributed by atoms with Crippen molar-refractivity contribution in [1.82, 2.24) is 0 Å². The monoisotopic (exact) mass is 232 g/mol. The fourth-order valence-corrected chi connectivity index (χ4v) is 2.25. The first-order valence-corrected chi connectivity index (χ1v) is 6.64. The molecule has 1 aliphatic carbocycles. The van der Waals surface area contributed by atoms with Gasteiger partial charge < -0.3 is 5.32 Å². The van der Waals surface area contributed by atoms with Crippen LogP contribution in [0.25, 0.3) is 0 Å². The van der Waals surface area contributed by atoms with Gasteiger partial charge in [0.1, 0.15) is 0 Å². The number of rotatable bonds is 5. The van der Waals surface area contributed by atoms with Crippen LogP contribution in [0.15, 0.2) is 29.2 Å². The van der Waals surface area contributed by atoms with E-state index in [0.717, 1.165) is 30.8 Å². The molecule has 1 aliphatic rings. The Labute approximate surface area is 101 Å². The molecule has 3 heteroatoms. The highest BCUT2D eigenvalue weighted by atomic mass is 32.2. The minimum atomic E-state index is -0.0726. The highest BCUT2D eigenvalue weighted by Crippen LogP contribution is 2.44. The van der Waals surface area contributed by atoms with E-state index >= 15 is 0 Å². The van der Waals surface area contributed by atoms with Crippen LogP contribution in [0.1, 0.15) is 19.8 Å². The number of nitrogens with one attached hydrogen (secondary N) is 1. The minimum absolute atomic E-state index is 0.0726. The summed E-state index contributed by atoms with van der Waals surface area (Å²) in [7, 11) is 0. The molecule has 0 radical (unpaired) electrons. The van der Waals surface area contributed by atoms with Crippen LogP contribution >= 0.6 is 11.8 Å². The SMILES string of the molecule is CCSc1ccc(NCC2(C#N)CC2)cc1. The first-order valence-electron chi connectivity index (χ1n) is 5.66. The first-order chi connectivity index (χ1) is 7.78. The largest absolute Gasteiger partial charge is 0.383 e. The molecular formula is C13H16N2S. The van der Waals surface area contributed by atoms with Crippen LogP contribution < -0.4 is 5.32 Å². The van der Waals surface area contributed by atoms with Crippen molar-refractivity contribution in [2.24, 2.45) is 5.41 Å². The summed E-state index contributed by atoms with van der Waals surface area (Å²) in [6, 6.07) is 10.8. The molecule has 1 aromatic carbocycles. The Kier molecular flexibility index (Phi) is 3.40. The molecule has 2 rings (SSSR count). The molecule has 0 amide bonds. The van der Waals surface area contributed by atoms with Gasteiger partial charge in [-0.25, -0.2) is 0 Å². The number of thioether (sulfide) groups is 1. The third-order valence-electron chi connectivity index (χ3n) is 2.89. The third-order valence-corrected chi connectivity index (χ3v) is 3.78. The molecule has 0 bridgehead atoms. The van der Waals surface area contributed by atoms with E-state index in [1.54, 1.807) is 0 Å². The lowest BCUT2D eigenvalue weighted by atomic mass is 10.1. The van der Waals surface area contributed by atoms with E-state index in [1.807, 2.05) is 11.8 Å². The van der Waals surface area contributed by atoms with Crippen molar-refractivity contribution in [3.05, 3.63) is 24.3 Å². The quantitative estimate of drug-likeness (QED) is 0.789. The van der Waals surface area contributed by atoms with Gasteiger partial charge in [-0.15, -0.1) is 11.8 Å². The standard InChI is InChI=1S/C13H16N2S/c1-2-16-12-5-3-11(4-6-12)15-10-13(9-14)7-8-13/h3-6,15H,2,7-8,10H2,1H3. The average Bonchev–Trinajstić information content (AvgIpc) is 3.09. The number of benzene rings is 1. The highest BCUT2D eigenvalue weighted by molar-refractivity contribution is 7.99. The molecule has 0 spiro atoms. The molecule has 16 heavy (non-hydrogen) atoms. The van der Waals surface area contributed by atoms with Gasteiger partial charge in [-0.1, -0.05) is 6.92 Å². The summed E-state index contributed by atoms with van der Waals surface area (Å²) in [6.45, 7) is 2.93. The lowest BCUT2D eigenvalue weighted by Gasteiger charge is -2.09. The van der Waals surface area contributed by atoms with Gasteiger partial charge in [-0.3, -0.25) is 0 Å². The van der Waals surface area contributed by atoms with Gasteiger partial charge in [0.25, 0.3) is 0 Å². The summed E-state index contributed by atoms with van der Waals surface area (Å²) in [4.78, 5) is 1.30. The highest BCUT2D eigenvalue weighted by Gasteiger charge is 2.42. The molecule has 1 fully saturated rings. The molecule has 1 saturated carbocycles. The fourth-order valence-electron chi connectivity index (χ4n) is 1.59. The van der Waals surface area contributed by atoms with Crippen molar-refractivity contribution in [3.8, 4) is 6.07 Å². The zero-order valence-electron chi connectivity index (χ0n) is 9.49. The van der Waals surface area contributed by atoms with Gasteiger partial charge in [-0.2, -0.15) is 5.26 Å². The second-order valence-corrected chi connectivity index (χ2v) is 5.54. The van der Waals surface area contributed by atoms with Crippen molar-refractivity contribution in [2.75, 3.05) is 17.6 Å². The number of nitrogens with zero attached hydrogens (tertiary/aromatic N) is 1. The first kappa shape index (κ1) is 11.3. The second kappa shape index (κ2) is 4.80. The van der Waals surface area contributed by atoms with Crippen LogP contribution in [0.5, 0.6) is 0 Å². The van der Waals surface area contributed by atoms with E-state index < -0.39 is 0 Å². The normalized spacial score (nSPS) is 16.5. The van der Waals surface area contributed by atoms with Crippen LogP contribution in [0.4, 0.5) is 5.69 Å². The van der Waals surface area contributed by atoms with Gasteiger partial charge in [0.2, 0.25) is 0 Å². The lowest BCUT2D eigenvalue weighted by molar-refractivity contribution is 0.711. The smallest absolute Gasteiger partial charge is 0.0747 e. The van der Waals surface area contributed by atoms with Crippen LogP contribution in [-0.4, -0.2) is 12.3 Å². The van der Waals surface area contributed by atoms with E-state index in [1.165, 1.54) is 4.90 Å². The maximum atomic E-state index is 8.96. The van der Waals surface area contributed by atoms with Crippen molar-refractivity contribution in [3.63, 3.8) is 0 Å². The molecular weight excluding hydrogens is 216 g/mol. The van der Waals surface area contributed by atoms with Gasteiger partial charge >= 0.3 is 0 Å². The minimum Gasteiger partial charge on any atom is -0.383 e. The van der Waals surface area contributed by atoms with E-state index in [2.05, 4.69) is 42.6 Å². The molecule has 0 saturated heterocycles. The van der Waals surface area contributed by atoms with E-state index in [4.69, 9.17) is 5.26 Å². The Morgan fingerprint density at radius 3 is 2.56 bits per heavy atom. The van der Waals surface area contributed by atoms with Crippen molar-refractivity contribution in [1.29, 1.82) is 5.26 Å². The molecule has 0 aromatic heterocycles. The molecule has 1 aromatic rings. The number of hydrogen-bond acceptors (Lipinski definition) is 3. The van der Waals surface area contributed by atoms with E-state index in [-0.39, 0.29) is 5.41 Å². The van der Waals surface area contributed by atoms with E-state index in [9.17, 15) is 0 Å². The maximum absolute atomic E-state index is 8.96. The van der Waals surface area contributed by atoms with Crippen molar-refractivity contribution in [2.45, 2.75) is 24.7 Å². The van der Waals surface area contributed by atoms with Crippen LogP contribution in [0.3, 0.4) is 0 Å². The summed E-state index contributed by atoms with van der Waals surface area (Å²) < 4.78 is 0. The average molecular weight is 232 g/mol. The zero-order chi connectivity index (χ0) is 11.4. The van der Waals surface area contributed by atoms with Crippen LogP contribution in [0, 0.1) is 16.7 Å². The summed E-state index contributed by atoms with van der Waals surface area (Å²) in [5, 5.41) is 12.3. The Bertz CT molecular complexity index is 387. The lowest BCUT2D eigenvalue weighted by Crippen LogP contribution is -2.13. The Balaban J connectivity index is 1.88. The number of hydrogen-bond donors (Lipinski definition) is 1. The third kappa shape index (κ3) is 2.70. The van der Waals surface area contributed by atoms with Crippen molar-refractivity contribution >= 4 is 17.4 Å². The van der Waals surface area contributed by atoms with E-state index in [0.29, 0.717) is 0 Å². The van der Waals surface area contributed by atoms with Crippen LogP contribution in [-0.2, 0) is 0 Å². The molecule has 0 atom stereocenters. The van der Waals surface area contributed by atoms with Gasteiger partial charge in [-0.05, 0) is 42.9 Å². The number of nitriles is 1. The van der Waals surface area contributed by atoms with Gasteiger partial charge in [0, 0.05) is 17.1 Å². The Morgan fingerprint density at radius 2 is 2.06 bits per heavy atom. The predicted octanol–water partition coefficient (Wildman–Crippen LogP) is 3.51. The predicted molar refractivity (Wildman–Crippen MR) is 68.6 cm³/mol. The fraction of sp³-hybridized carbons (Fsp3) is 0.462. The Hall–Kier alpha value is -1.14. The molecule has 0 heterocycles.